The first-order valence-corrected chi connectivity index (χ1v) is 10.3. The molecule has 4 saturated heterocycles. The number of fused-ring (bicyclic) bond motifs is 1. The number of hydrogen-bond acceptors (Lipinski definition) is 11. The summed E-state index contributed by atoms with van der Waals surface area (Å²) in [4.78, 5) is 38.3. The predicted octanol–water partition coefficient (Wildman–Crippen LogP) is -2.40. The van der Waals surface area contributed by atoms with Gasteiger partial charge in [0.1, 0.15) is 12.2 Å². The Balaban J connectivity index is 1.75. The van der Waals surface area contributed by atoms with Crippen LogP contribution in [-0.2, 0) is 33.3 Å². The lowest BCUT2D eigenvalue weighted by molar-refractivity contribution is -0.240. The minimum absolute atomic E-state index is 0.792. The summed E-state index contributed by atoms with van der Waals surface area (Å²) in [6, 6.07) is 0. The van der Waals surface area contributed by atoms with Crippen LogP contribution in [-0.4, -0.2) is 86.3 Å². The topological polar surface area (TPSA) is 169 Å². The number of rotatable bonds is 0. The van der Waals surface area contributed by atoms with Crippen LogP contribution < -0.4 is 0 Å². The summed E-state index contributed by atoms with van der Waals surface area (Å²) in [7, 11) is 0. The Morgan fingerprint density at radius 1 is 0.935 bits per heavy atom. The summed E-state index contributed by atoms with van der Waals surface area (Å²) in [6.45, 7) is 6.63. The van der Waals surface area contributed by atoms with Crippen molar-refractivity contribution in [1.29, 1.82) is 0 Å². The number of carbonyl (C=O) groups is 3. The van der Waals surface area contributed by atoms with E-state index >= 15 is 0 Å². The van der Waals surface area contributed by atoms with Gasteiger partial charge in [-0.15, -0.1) is 0 Å². The highest BCUT2D eigenvalue weighted by Crippen LogP contribution is 2.84. The van der Waals surface area contributed by atoms with E-state index < -0.39 is 94.0 Å². The monoisotopic (exact) mass is 440 g/mol. The molecule has 4 heterocycles. The van der Waals surface area contributed by atoms with Gasteiger partial charge < -0.3 is 39.4 Å². The van der Waals surface area contributed by atoms with Crippen molar-refractivity contribution >= 4 is 17.9 Å². The summed E-state index contributed by atoms with van der Waals surface area (Å²) >= 11 is 0. The highest BCUT2D eigenvalue weighted by molar-refractivity contribution is 5.94. The molecule has 6 fully saturated rings. The van der Waals surface area contributed by atoms with Crippen LogP contribution in [0.1, 0.15) is 27.7 Å². The lowest BCUT2D eigenvalue weighted by atomic mass is 9.51. The molecule has 2 saturated carbocycles. The van der Waals surface area contributed by atoms with Gasteiger partial charge in [-0.3, -0.25) is 4.79 Å². The third-order valence-corrected chi connectivity index (χ3v) is 8.95. The Hall–Kier alpha value is -1.79. The molecular formula is C20H24O11. The van der Waals surface area contributed by atoms with Crippen molar-refractivity contribution in [3.63, 3.8) is 0 Å². The number of aliphatic hydroxyl groups is 4. The fourth-order valence-electron chi connectivity index (χ4n) is 8.27. The van der Waals surface area contributed by atoms with E-state index in [1.165, 1.54) is 6.92 Å². The zero-order valence-corrected chi connectivity index (χ0v) is 17.3. The van der Waals surface area contributed by atoms with E-state index in [4.69, 9.17) is 18.9 Å². The van der Waals surface area contributed by atoms with E-state index in [9.17, 15) is 34.8 Å². The lowest BCUT2D eigenvalue weighted by Gasteiger charge is -2.47. The van der Waals surface area contributed by atoms with Gasteiger partial charge in [0, 0.05) is 5.92 Å². The third-order valence-electron chi connectivity index (χ3n) is 8.95. The van der Waals surface area contributed by atoms with Crippen LogP contribution in [0.4, 0.5) is 0 Å². The first-order chi connectivity index (χ1) is 14.3. The fraction of sp³-hybridized carbons (Fsp3) is 0.850. The fourth-order valence-corrected chi connectivity index (χ4v) is 8.27. The van der Waals surface area contributed by atoms with Gasteiger partial charge in [0.15, 0.2) is 17.8 Å². The maximum atomic E-state index is 13.4. The summed E-state index contributed by atoms with van der Waals surface area (Å²) < 4.78 is 22.2. The molecule has 0 aromatic rings. The first-order valence-electron chi connectivity index (χ1n) is 10.3. The molecule has 31 heavy (non-hydrogen) atoms. The summed E-state index contributed by atoms with van der Waals surface area (Å²) in [6.07, 6.45) is -9.69. The van der Waals surface area contributed by atoms with E-state index in [0.29, 0.717) is 0 Å². The molecule has 6 rings (SSSR count). The molecule has 2 aliphatic carbocycles. The minimum atomic E-state index is -2.40. The molecule has 0 bridgehead atoms. The van der Waals surface area contributed by atoms with Gasteiger partial charge in [-0.1, -0.05) is 20.8 Å². The molecule has 12 atom stereocenters. The molecule has 4 aliphatic heterocycles. The van der Waals surface area contributed by atoms with Gasteiger partial charge in [-0.2, -0.15) is 0 Å². The predicted molar refractivity (Wildman–Crippen MR) is 93.4 cm³/mol. The molecule has 0 aromatic heterocycles. The zero-order valence-electron chi connectivity index (χ0n) is 17.3. The van der Waals surface area contributed by atoms with Crippen LogP contribution in [0.25, 0.3) is 0 Å². The number of ether oxygens (including phenoxy) is 4. The number of hydrogen-bond donors (Lipinski definition) is 4. The first kappa shape index (κ1) is 19.9. The van der Waals surface area contributed by atoms with Crippen molar-refractivity contribution in [2.45, 2.75) is 75.7 Å². The number of carbonyl (C=O) groups excluding carboxylic acids is 3. The van der Waals surface area contributed by atoms with E-state index in [1.54, 1.807) is 20.8 Å². The van der Waals surface area contributed by atoms with Crippen molar-refractivity contribution in [3.8, 4) is 0 Å². The molecular weight excluding hydrogens is 416 g/mol. The summed E-state index contributed by atoms with van der Waals surface area (Å²) in [5, 5.41) is 46.1. The quantitative estimate of drug-likeness (QED) is 0.234. The Labute approximate surface area is 176 Å². The van der Waals surface area contributed by atoms with Crippen LogP contribution in [0.15, 0.2) is 0 Å². The zero-order chi connectivity index (χ0) is 22.7. The average Bonchev–Trinajstić information content (AvgIpc) is 3.35. The molecule has 0 amide bonds. The number of aliphatic hydroxyl groups excluding tert-OH is 3. The van der Waals surface area contributed by atoms with Crippen molar-refractivity contribution in [2.75, 3.05) is 0 Å². The van der Waals surface area contributed by atoms with E-state index in [1.807, 2.05) is 0 Å². The summed E-state index contributed by atoms with van der Waals surface area (Å²) in [5.41, 5.74) is -9.40. The standard InChI is InChI=1S/C20H24O11/c1-5-12(24)28-11-8(22)18-10-6(21)7(16(2,3)4)17(18)9(23)13(25)30-15(17)31-20(18,14(26)29-10)19(5,11)27/h5-11,15,21-23,27H,1-4H3/t5-,6+,7-,8+,9+,10-,11+,15+,17-,18-,19-,20-/m1/s1. The molecule has 2 spiro atoms. The molecule has 11 heteroatoms. The van der Waals surface area contributed by atoms with Crippen molar-refractivity contribution in [1.82, 2.24) is 0 Å². The number of esters is 3. The van der Waals surface area contributed by atoms with Gasteiger partial charge in [0.25, 0.3) is 0 Å². The Morgan fingerprint density at radius 2 is 1.58 bits per heavy atom. The van der Waals surface area contributed by atoms with Crippen molar-refractivity contribution in [2.24, 2.45) is 28.1 Å². The Kier molecular flexibility index (Phi) is 3.15. The maximum absolute atomic E-state index is 13.4. The second kappa shape index (κ2) is 4.91. The SMILES string of the molecule is C[C@@H]1C(=O)O[C@H]2[C@H](O)[C@]34[C@@H]5OC(=O)[C@]3(O[C@@H]3OC(=O)[C@H](O)[C@]34[C@@H](C(C)(C)C)[C@@H]5O)[C@@]12O. The van der Waals surface area contributed by atoms with Gasteiger partial charge in [0.05, 0.1) is 22.9 Å². The van der Waals surface area contributed by atoms with Crippen LogP contribution in [0.3, 0.4) is 0 Å². The van der Waals surface area contributed by atoms with E-state index in [0.717, 1.165) is 0 Å². The third kappa shape index (κ3) is 1.43. The minimum Gasteiger partial charge on any atom is -0.456 e. The van der Waals surface area contributed by atoms with Crippen molar-refractivity contribution < 1.29 is 53.8 Å². The van der Waals surface area contributed by atoms with Crippen molar-refractivity contribution in [3.05, 3.63) is 0 Å². The molecule has 6 aliphatic rings. The normalized spacial score (nSPS) is 61.0. The lowest BCUT2D eigenvalue weighted by Crippen LogP contribution is -2.67. The average molecular weight is 440 g/mol. The summed E-state index contributed by atoms with van der Waals surface area (Å²) in [5.74, 6) is -5.22. The molecule has 11 nitrogen and oxygen atoms in total. The Morgan fingerprint density at radius 3 is 2.19 bits per heavy atom. The van der Waals surface area contributed by atoms with Gasteiger partial charge in [-0.05, 0) is 12.3 Å². The molecule has 0 aromatic carbocycles. The Bertz CT molecular complexity index is 957. The van der Waals surface area contributed by atoms with Crippen LogP contribution in [0.2, 0.25) is 0 Å². The second-order valence-corrected chi connectivity index (χ2v) is 10.8. The van der Waals surface area contributed by atoms with Gasteiger partial charge in [0.2, 0.25) is 11.9 Å². The van der Waals surface area contributed by atoms with Gasteiger partial charge in [-0.25, -0.2) is 9.59 Å². The second-order valence-electron chi connectivity index (χ2n) is 10.8. The molecule has 170 valence electrons. The largest absolute Gasteiger partial charge is 0.456 e. The molecule has 0 radical (unpaired) electrons. The van der Waals surface area contributed by atoms with Crippen LogP contribution in [0.5, 0.6) is 0 Å². The highest BCUT2D eigenvalue weighted by Gasteiger charge is 3.05. The molecule has 4 N–H and O–H groups in total. The van der Waals surface area contributed by atoms with E-state index in [-0.39, 0.29) is 0 Å². The maximum Gasteiger partial charge on any atom is 0.343 e. The highest BCUT2D eigenvalue weighted by atomic mass is 16.8. The van der Waals surface area contributed by atoms with Gasteiger partial charge >= 0.3 is 17.9 Å². The van der Waals surface area contributed by atoms with Crippen LogP contribution >= 0.6 is 0 Å². The van der Waals surface area contributed by atoms with Crippen LogP contribution in [0, 0.1) is 28.1 Å². The van der Waals surface area contributed by atoms with E-state index in [2.05, 4.69) is 0 Å². The smallest absolute Gasteiger partial charge is 0.343 e. The molecule has 0 unspecified atom stereocenters.